The van der Waals surface area contributed by atoms with Gasteiger partial charge in [-0.15, -0.1) is 0 Å². The summed E-state index contributed by atoms with van der Waals surface area (Å²) in [5.74, 6) is 2.64. The smallest absolute Gasteiger partial charge is 0.0371 e. The van der Waals surface area contributed by atoms with Crippen LogP contribution in [-0.4, -0.2) is 12.1 Å². The first-order valence-electron chi connectivity index (χ1n) is 16.9. The van der Waals surface area contributed by atoms with Crippen molar-refractivity contribution in [2.45, 2.75) is 146 Å². The lowest BCUT2D eigenvalue weighted by Crippen LogP contribution is -2.45. The van der Waals surface area contributed by atoms with E-state index in [4.69, 9.17) is 0 Å². The molecule has 0 heterocycles. The van der Waals surface area contributed by atoms with Gasteiger partial charge in [-0.25, -0.2) is 0 Å². The first kappa shape index (κ1) is 26.5. The van der Waals surface area contributed by atoms with Crippen LogP contribution in [0.15, 0.2) is 48.5 Å². The van der Waals surface area contributed by atoms with Gasteiger partial charge in [0.05, 0.1) is 0 Å². The minimum atomic E-state index is 0.758. The molecule has 0 aliphatic heterocycles. The van der Waals surface area contributed by atoms with Crippen LogP contribution in [0.1, 0.15) is 140 Å². The van der Waals surface area contributed by atoms with Gasteiger partial charge in [-0.1, -0.05) is 113 Å². The van der Waals surface area contributed by atoms with E-state index < -0.39 is 0 Å². The highest BCUT2D eigenvalue weighted by molar-refractivity contribution is 5.67. The minimum Gasteiger partial charge on any atom is -0.366 e. The van der Waals surface area contributed by atoms with Crippen LogP contribution < -0.4 is 4.90 Å². The largest absolute Gasteiger partial charge is 0.366 e. The van der Waals surface area contributed by atoms with Gasteiger partial charge in [0.2, 0.25) is 0 Å². The molecule has 0 atom stereocenters. The molecular weight excluding hydrogens is 458 g/mol. The van der Waals surface area contributed by atoms with Crippen LogP contribution in [0.5, 0.6) is 0 Å². The number of hydrogen-bond acceptors (Lipinski definition) is 1. The normalized spacial score (nSPS) is 23.1. The summed E-state index contributed by atoms with van der Waals surface area (Å²) in [6, 6.07) is 21.2. The number of rotatable bonds is 7. The van der Waals surface area contributed by atoms with E-state index in [1.54, 1.807) is 5.56 Å². The second-order valence-electron chi connectivity index (χ2n) is 13.5. The van der Waals surface area contributed by atoms with Gasteiger partial charge < -0.3 is 4.90 Å². The zero-order chi connectivity index (χ0) is 25.6. The zero-order valence-corrected chi connectivity index (χ0v) is 24.1. The summed E-state index contributed by atoms with van der Waals surface area (Å²) in [4.78, 5) is 2.88. The van der Waals surface area contributed by atoms with Crippen molar-refractivity contribution in [2.24, 2.45) is 11.8 Å². The van der Waals surface area contributed by atoms with Crippen LogP contribution in [0.25, 0.3) is 11.1 Å². The highest BCUT2D eigenvalue weighted by Crippen LogP contribution is 2.46. The van der Waals surface area contributed by atoms with Gasteiger partial charge in [0.25, 0.3) is 0 Å². The molecule has 206 valence electrons. The maximum Gasteiger partial charge on any atom is 0.0371 e. The molecule has 38 heavy (non-hydrogen) atoms. The van der Waals surface area contributed by atoms with Crippen LogP contribution in [0.4, 0.5) is 5.69 Å². The molecule has 0 saturated heterocycles. The van der Waals surface area contributed by atoms with E-state index in [2.05, 4.69) is 53.4 Å². The molecule has 1 heteroatoms. The van der Waals surface area contributed by atoms with E-state index in [9.17, 15) is 0 Å². The van der Waals surface area contributed by atoms with Gasteiger partial charge >= 0.3 is 0 Å². The molecule has 0 aromatic heterocycles. The molecule has 0 unspecified atom stereocenters. The van der Waals surface area contributed by atoms with Crippen LogP contribution in [0, 0.1) is 11.8 Å². The number of hydrogen-bond donors (Lipinski definition) is 0. The van der Waals surface area contributed by atoms with Crippen molar-refractivity contribution in [3.8, 4) is 11.1 Å². The number of benzene rings is 2. The van der Waals surface area contributed by atoms with Gasteiger partial charge in [0.15, 0.2) is 0 Å². The average molecular weight is 512 g/mol. The molecule has 4 fully saturated rings. The Bertz CT molecular complexity index is 833. The van der Waals surface area contributed by atoms with E-state index >= 15 is 0 Å². The van der Waals surface area contributed by atoms with Gasteiger partial charge in [-0.2, -0.15) is 0 Å². The third-order valence-electron chi connectivity index (χ3n) is 11.0. The second kappa shape index (κ2) is 13.1. The maximum absolute atomic E-state index is 2.88. The Balaban J connectivity index is 1.20. The fourth-order valence-corrected chi connectivity index (χ4v) is 9.08. The predicted octanol–water partition coefficient (Wildman–Crippen LogP) is 11.1. The molecule has 0 N–H and O–H groups in total. The van der Waals surface area contributed by atoms with Gasteiger partial charge in [-0.05, 0) is 97.9 Å². The third kappa shape index (κ3) is 6.18. The molecule has 0 spiro atoms. The molecule has 2 aromatic carbocycles. The van der Waals surface area contributed by atoms with Crippen molar-refractivity contribution in [3.63, 3.8) is 0 Å². The predicted molar refractivity (Wildman–Crippen MR) is 164 cm³/mol. The third-order valence-corrected chi connectivity index (χ3v) is 11.0. The minimum absolute atomic E-state index is 0.758. The Morgan fingerprint density at radius 2 is 0.789 bits per heavy atom. The SMILES string of the molecule is c1cc(C(C2CCCCC2)C2CCCCC2)ccc1-c1ccc(N(C2CCCCC2)C2CCCCC2)cc1. The molecule has 4 aliphatic rings. The monoisotopic (exact) mass is 511 g/mol. The summed E-state index contributed by atoms with van der Waals surface area (Å²) < 4.78 is 0. The molecule has 6 rings (SSSR count). The van der Waals surface area contributed by atoms with Crippen molar-refractivity contribution in [1.82, 2.24) is 0 Å². The summed E-state index contributed by atoms with van der Waals surface area (Å²) in [7, 11) is 0. The molecule has 4 saturated carbocycles. The van der Waals surface area contributed by atoms with E-state index in [0.29, 0.717) is 0 Å². The fraction of sp³-hybridized carbons (Fsp3) is 0.676. The quantitative estimate of drug-likeness (QED) is 0.357. The molecule has 4 aliphatic carbocycles. The van der Waals surface area contributed by atoms with Crippen LogP contribution in [0.2, 0.25) is 0 Å². The number of anilines is 1. The summed E-state index contributed by atoms with van der Waals surface area (Å²) in [5, 5.41) is 0. The summed E-state index contributed by atoms with van der Waals surface area (Å²) in [6.45, 7) is 0. The number of nitrogens with zero attached hydrogens (tertiary/aromatic N) is 1. The Morgan fingerprint density at radius 1 is 0.421 bits per heavy atom. The fourth-order valence-electron chi connectivity index (χ4n) is 9.08. The van der Waals surface area contributed by atoms with Gasteiger partial charge in [-0.3, -0.25) is 0 Å². The zero-order valence-electron chi connectivity index (χ0n) is 24.1. The highest BCUT2D eigenvalue weighted by atomic mass is 15.2. The summed E-state index contributed by atoms with van der Waals surface area (Å²) in [5.41, 5.74) is 5.91. The molecule has 2 aromatic rings. The standard InChI is InChI=1S/C37H53N/c1-5-13-31(14-6-1)37(32-15-7-2-8-16-32)33-23-21-29(22-24-33)30-25-27-36(28-26-30)38(34-17-9-3-10-18-34)35-19-11-4-12-20-35/h21-28,31-32,34-35,37H,1-20H2. The van der Waals surface area contributed by atoms with E-state index in [0.717, 1.165) is 29.8 Å². The van der Waals surface area contributed by atoms with E-state index in [-0.39, 0.29) is 0 Å². The van der Waals surface area contributed by atoms with Crippen molar-refractivity contribution < 1.29 is 0 Å². The molecule has 0 radical (unpaired) electrons. The first-order valence-corrected chi connectivity index (χ1v) is 16.9. The van der Waals surface area contributed by atoms with E-state index in [1.807, 2.05) is 0 Å². The van der Waals surface area contributed by atoms with Gasteiger partial charge in [0, 0.05) is 17.8 Å². The van der Waals surface area contributed by atoms with Crippen molar-refractivity contribution in [3.05, 3.63) is 54.1 Å². The van der Waals surface area contributed by atoms with Crippen molar-refractivity contribution in [1.29, 1.82) is 0 Å². The van der Waals surface area contributed by atoms with Crippen LogP contribution in [-0.2, 0) is 0 Å². The lowest BCUT2D eigenvalue weighted by Gasteiger charge is -2.43. The summed E-state index contributed by atoms with van der Waals surface area (Å²) in [6.07, 6.45) is 28.7. The molecule has 1 nitrogen and oxygen atoms in total. The summed E-state index contributed by atoms with van der Waals surface area (Å²) >= 11 is 0. The van der Waals surface area contributed by atoms with Crippen molar-refractivity contribution >= 4 is 5.69 Å². The lowest BCUT2D eigenvalue weighted by molar-refractivity contribution is 0.202. The Labute approximate surface area is 233 Å². The topological polar surface area (TPSA) is 3.24 Å². The Morgan fingerprint density at radius 3 is 1.21 bits per heavy atom. The molecular formula is C37H53N. The molecule has 0 bridgehead atoms. The second-order valence-corrected chi connectivity index (χ2v) is 13.5. The maximum atomic E-state index is 2.88. The van der Waals surface area contributed by atoms with Gasteiger partial charge in [0.1, 0.15) is 0 Å². The average Bonchev–Trinajstić information content (AvgIpc) is 3.00. The highest BCUT2D eigenvalue weighted by Gasteiger charge is 2.33. The van der Waals surface area contributed by atoms with E-state index in [1.165, 1.54) is 145 Å². The van der Waals surface area contributed by atoms with Crippen LogP contribution >= 0.6 is 0 Å². The lowest BCUT2D eigenvalue weighted by atomic mass is 9.67. The first-order chi connectivity index (χ1) is 18.9. The van der Waals surface area contributed by atoms with Crippen molar-refractivity contribution in [2.75, 3.05) is 4.90 Å². The molecule has 0 amide bonds. The van der Waals surface area contributed by atoms with Crippen LogP contribution in [0.3, 0.4) is 0 Å². The Hall–Kier alpha value is -1.76. The Kier molecular flexibility index (Phi) is 9.10.